The molecule has 4 rings (SSSR count). The van der Waals surface area contributed by atoms with E-state index in [1.54, 1.807) is 17.6 Å². The zero-order valence-electron chi connectivity index (χ0n) is 12.0. The largest absolute Gasteiger partial charge is 0.493 e. The van der Waals surface area contributed by atoms with Crippen molar-refractivity contribution in [1.29, 1.82) is 0 Å². The summed E-state index contributed by atoms with van der Waals surface area (Å²) < 4.78 is 2.96. The Morgan fingerprint density at radius 1 is 1.36 bits per heavy atom. The maximum atomic E-state index is 12.6. The van der Waals surface area contributed by atoms with Crippen LogP contribution in [-0.2, 0) is 0 Å². The lowest BCUT2D eigenvalue weighted by atomic mass is 10.1. The second-order valence-corrected chi connectivity index (χ2v) is 6.09. The molecule has 2 heterocycles. The van der Waals surface area contributed by atoms with Gasteiger partial charge in [0.1, 0.15) is 0 Å². The fraction of sp³-hybridized carbons (Fsp3) is 0.400. The summed E-state index contributed by atoms with van der Waals surface area (Å²) in [4.78, 5) is 23.1. The molecule has 1 aromatic carbocycles. The highest BCUT2D eigenvalue weighted by Crippen LogP contribution is 2.50. The summed E-state index contributed by atoms with van der Waals surface area (Å²) in [5.41, 5.74) is 1.39. The van der Waals surface area contributed by atoms with E-state index in [9.17, 15) is 20.0 Å². The van der Waals surface area contributed by atoms with Gasteiger partial charge in [0.05, 0.1) is 16.3 Å². The number of imidazole rings is 1. The van der Waals surface area contributed by atoms with Gasteiger partial charge in [0.15, 0.2) is 0 Å². The second kappa shape index (κ2) is 4.22. The van der Waals surface area contributed by atoms with Crippen LogP contribution in [0.15, 0.2) is 23.0 Å². The molecule has 2 aromatic rings. The van der Waals surface area contributed by atoms with Crippen molar-refractivity contribution in [2.75, 3.05) is 0 Å². The minimum atomic E-state index is -0.457. The molecule has 114 valence electrons. The quantitative estimate of drug-likeness (QED) is 0.681. The van der Waals surface area contributed by atoms with Crippen molar-refractivity contribution >= 4 is 5.69 Å². The Hall–Kier alpha value is -2.57. The molecule has 1 saturated carbocycles. The summed E-state index contributed by atoms with van der Waals surface area (Å²) >= 11 is 0. The molecule has 1 N–H and O–H groups in total. The van der Waals surface area contributed by atoms with Gasteiger partial charge in [-0.1, -0.05) is 0 Å². The highest BCUT2D eigenvalue weighted by Gasteiger charge is 2.42. The zero-order valence-corrected chi connectivity index (χ0v) is 12.0. The number of aromatic hydroxyl groups is 1. The molecule has 1 fully saturated rings. The van der Waals surface area contributed by atoms with Gasteiger partial charge in [-0.05, 0) is 38.3 Å². The fourth-order valence-corrected chi connectivity index (χ4v) is 3.91. The minimum absolute atomic E-state index is 0.00288. The lowest BCUT2D eigenvalue weighted by Gasteiger charge is -2.11. The Labute approximate surface area is 125 Å². The molecule has 2 aliphatic rings. The van der Waals surface area contributed by atoms with Crippen LogP contribution < -0.4 is 5.69 Å². The average molecular weight is 301 g/mol. The number of benzene rings is 1. The van der Waals surface area contributed by atoms with Crippen LogP contribution in [0.4, 0.5) is 5.69 Å². The number of aryl methyl sites for hydroxylation is 1. The zero-order chi connectivity index (χ0) is 15.6. The SMILES string of the molecule is Cc1cc(-n2c(O)c3n(c2=O)[C@H]2CC[C@@H]3C2)ccc1[N+](=O)[O-]. The molecule has 7 heteroatoms. The number of fused-ring (bicyclic) bond motifs is 5. The van der Waals surface area contributed by atoms with E-state index in [0.717, 1.165) is 25.0 Å². The van der Waals surface area contributed by atoms with Gasteiger partial charge in [-0.2, -0.15) is 0 Å². The van der Waals surface area contributed by atoms with Crippen molar-refractivity contribution in [3.8, 4) is 11.6 Å². The molecule has 2 bridgehead atoms. The Kier molecular flexibility index (Phi) is 2.52. The Balaban J connectivity index is 1.90. The predicted octanol–water partition coefficient (Wildman–Crippen LogP) is 2.38. The van der Waals surface area contributed by atoms with Crippen LogP contribution in [-0.4, -0.2) is 19.2 Å². The van der Waals surface area contributed by atoms with Crippen molar-refractivity contribution in [2.24, 2.45) is 0 Å². The third-order valence-electron chi connectivity index (χ3n) is 4.89. The smallest absolute Gasteiger partial charge is 0.336 e. The number of aromatic nitrogens is 2. The van der Waals surface area contributed by atoms with Crippen LogP contribution in [0.3, 0.4) is 0 Å². The van der Waals surface area contributed by atoms with Gasteiger partial charge >= 0.3 is 5.69 Å². The van der Waals surface area contributed by atoms with E-state index in [1.165, 1.54) is 16.7 Å². The van der Waals surface area contributed by atoms with E-state index < -0.39 is 4.92 Å². The number of nitro groups is 1. The first-order valence-electron chi connectivity index (χ1n) is 7.30. The lowest BCUT2D eigenvalue weighted by molar-refractivity contribution is -0.385. The maximum Gasteiger partial charge on any atom is 0.336 e. The van der Waals surface area contributed by atoms with Gasteiger partial charge in [-0.15, -0.1) is 0 Å². The van der Waals surface area contributed by atoms with Gasteiger partial charge in [-0.25, -0.2) is 9.36 Å². The van der Waals surface area contributed by atoms with E-state index in [-0.39, 0.29) is 29.2 Å². The molecule has 1 aliphatic carbocycles. The van der Waals surface area contributed by atoms with Gasteiger partial charge in [-0.3, -0.25) is 14.7 Å². The summed E-state index contributed by atoms with van der Waals surface area (Å²) in [6.45, 7) is 1.62. The van der Waals surface area contributed by atoms with Gasteiger partial charge in [0, 0.05) is 23.6 Å². The molecule has 0 unspecified atom stereocenters. The topological polar surface area (TPSA) is 90.3 Å². The average Bonchev–Trinajstić information content (AvgIpc) is 3.12. The van der Waals surface area contributed by atoms with Crippen LogP contribution >= 0.6 is 0 Å². The van der Waals surface area contributed by atoms with Gasteiger partial charge < -0.3 is 5.11 Å². The van der Waals surface area contributed by atoms with Crippen LogP contribution in [0.25, 0.3) is 5.69 Å². The van der Waals surface area contributed by atoms with Gasteiger partial charge in [0.25, 0.3) is 5.69 Å². The summed E-state index contributed by atoms with van der Waals surface area (Å²) in [5, 5.41) is 21.4. The monoisotopic (exact) mass is 301 g/mol. The molecular formula is C15H15N3O4. The standard InChI is InChI=1S/C15H15N3O4/c1-8-6-10(4-5-12(8)18(21)22)17-14(19)13-9-2-3-11(7-9)16(13)15(17)20/h4-6,9,11,19H,2-3,7H2,1H3/t9-,11+/m1/s1. The molecule has 22 heavy (non-hydrogen) atoms. The van der Waals surface area contributed by atoms with Crippen molar-refractivity contribution < 1.29 is 10.0 Å². The van der Waals surface area contributed by atoms with Crippen molar-refractivity contribution in [3.63, 3.8) is 0 Å². The maximum absolute atomic E-state index is 12.6. The first-order chi connectivity index (χ1) is 10.5. The minimum Gasteiger partial charge on any atom is -0.493 e. The molecule has 2 atom stereocenters. The number of rotatable bonds is 2. The Morgan fingerprint density at radius 3 is 2.77 bits per heavy atom. The summed E-state index contributed by atoms with van der Waals surface area (Å²) in [5.74, 6) is 0.226. The van der Waals surface area contributed by atoms with E-state index in [0.29, 0.717) is 11.3 Å². The first kappa shape index (κ1) is 13.1. The van der Waals surface area contributed by atoms with Crippen LogP contribution in [0.5, 0.6) is 5.88 Å². The molecule has 0 amide bonds. The number of hydrogen-bond acceptors (Lipinski definition) is 4. The van der Waals surface area contributed by atoms with Crippen LogP contribution in [0, 0.1) is 17.0 Å². The Bertz CT molecular complexity index is 864. The second-order valence-electron chi connectivity index (χ2n) is 6.09. The van der Waals surface area contributed by atoms with E-state index in [2.05, 4.69) is 0 Å². The third-order valence-corrected chi connectivity index (χ3v) is 4.89. The van der Waals surface area contributed by atoms with Crippen molar-refractivity contribution in [3.05, 3.63) is 50.1 Å². The normalized spacial score (nSPS) is 22.0. The molecule has 1 aliphatic heterocycles. The van der Waals surface area contributed by atoms with Crippen LogP contribution in [0.1, 0.15) is 42.5 Å². The molecule has 0 spiro atoms. The number of hydrogen-bond donors (Lipinski definition) is 1. The van der Waals surface area contributed by atoms with Crippen molar-refractivity contribution in [2.45, 2.75) is 38.1 Å². The van der Waals surface area contributed by atoms with Gasteiger partial charge in [0.2, 0.25) is 5.88 Å². The molecular weight excluding hydrogens is 286 g/mol. The molecule has 0 radical (unpaired) electrons. The molecule has 1 aromatic heterocycles. The predicted molar refractivity (Wildman–Crippen MR) is 78.7 cm³/mol. The molecule has 7 nitrogen and oxygen atoms in total. The highest BCUT2D eigenvalue weighted by atomic mass is 16.6. The fourth-order valence-electron chi connectivity index (χ4n) is 3.91. The number of nitrogens with zero attached hydrogens (tertiary/aromatic N) is 3. The third kappa shape index (κ3) is 1.53. The van der Waals surface area contributed by atoms with E-state index in [4.69, 9.17) is 0 Å². The summed E-state index contributed by atoms with van der Waals surface area (Å²) in [7, 11) is 0. The van der Waals surface area contributed by atoms with E-state index in [1.807, 2.05) is 0 Å². The first-order valence-corrected chi connectivity index (χ1v) is 7.30. The molecule has 0 saturated heterocycles. The summed E-state index contributed by atoms with van der Waals surface area (Å²) in [6.07, 6.45) is 2.90. The van der Waals surface area contributed by atoms with E-state index >= 15 is 0 Å². The lowest BCUT2D eigenvalue weighted by Crippen LogP contribution is -2.25. The number of nitro benzene ring substituents is 1. The van der Waals surface area contributed by atoms with Crippen LogP contribution in [0.2, 0.25) is 0 Å². The highest BCUT2D eigenvalue weighted by molar-refractivity contribution is 5.50. The van der Waals surface area contributed by atoms with Crippen molar-refractivity contribution in [1.82, 2.24) is 9.13 Å². The summed E-state index contributed by atoms with van der Waals surface area (Å²) in [6, 6.07) is 4.62. The Morgan fingerprint density at radius 2 is 2.14 bits per heavy atom.